The summed E-state index contributed by atoms with van der Waals surface area (Å²) in [5.74, 6) is -0.950. The number of hydrogen-bond acceptors (Lipinski definition) is 3. The smallest absolute Gasteiger partial charge is 0.315 e. The zero-order valence-corrected chi connectivity index (χ0v) is 13.3. The molecule has 0 aliphatic heterocycles. The van der Waals surface area contributed by atoms with E-state index in [1.54, 1.807) is 0 Å². The summed E-state index contributed by atoms with van der Waals surface area (Å²) in [6.07, 6.45) is 1.44. The lowest BCUT2D eigenvalue weighted by Gasteiger charge is -2.20. The Labute approximate surface area is 125 Å². The molecular weight excluding hydrogens is 274 g/mol. The largest absolute Gasteiger partial charge is 0.481 e. The Balaban J connectivity index is 3.75. The molecule has 4 N–H and O–H groups in total. The first-order valence-electron chi connectivity index (χ1n) is 7.17. The van der Waals surface area contributed by atoms with Gasteiger partial charge >= 0.3 is 12.0 Å². The normalized spacial score (nSPS) is 12.4. The molecule has 122 valence electrons. The van der Waals surface area contributed by atoms with Crippen molar-refractivity contribution < 1.29 is 19.5 Å². The van der Waals surface area contributed by atoms with Crippen LogP contribution >= 0.6 is 0 Å². The Hall–Kier alpha value is -1.79. The third-order valence-corrected chi connectivity index (χ3v) is 2.56. The van der Waals surface area contributed by atoms with Gasteiger partial charge in [0.25, 0.3) is 0 Å². The number of carbonyl (C=O) groups excluding carboxylic acids is 2. The van der Waals surface area contributed by atoms with Crippen LogP contribution in [0.15, 0.2) is 0 Å². The molecule has 0 aliphatic carbocycles. The predicted octanol–water partition coefficient (Wildman–Crippen LogP) is 1.23. The van der Waals surface area contributed by atoms with Gasteiger partial charge in [0, 0.05) is 31.0 Å². The van der Waals surface area contributed by atoms with Gasteiger partial charge in [0.2, 0.25) is 5.91 Å². The zero-order chi connectivity index (χ0) is 16.5. The number of hydrogen-bond donors (Lipinski definition) is 4. The number of aliphatic carboxylic acids is 1. The highest BCUT2D eigenvalue weighted by atomic mass is 16.4. The fourth-order valence-corrected chi connectivity index (χ4v) is 1.68. The lowest BCUT2D eigenvalue weighted by molar-refractivity contribution is -0.137. The van der Waals surface area contributed by atoms with Gasteiger partial charge in [-0.05, 0) is 40.5 Å². The van der Waals surface area contributed by atoms with Crippen LogP contribution < -0.4 is 16.0 Å². The minimum Gasteiger partial charge on any atom is -0.481 e. The first-order chi connectivity index (χ1) is 9.60. The van der Waals surface area contributed by atoms with E-state index in [0.29, 0.717) is 12.8 Å². The van der Waals surface area contributed by atoms with Gasteiger partial charge in [-0.3, -0.25) is 9.59 Å². The van der Waals surface area contributed by atoms with E-state index >= 15 is 0 Å². The topological polar surface area (TPSA) is 108 Å². The van der Waals surface area contributed by atoms with E-state index in [9.17, 15) is 14.4 Å². The second kappa shape index (κ2) is 9.20. The number of urea groups is 1. The molecule has 0 aromatic carbocycles. The van der Waals surface area contributed by atoms with Crippen molar-refractivity contribution in [1.29, 1.82) is 0 Å². The van der Waals surface area contributed by atoms with E-state index in [0.717, 1.165) is 0 Å². The predicted molar refractivity (Wildman–Crippen MR) is 80.0 cm³/mol. The third-order valence-electron chi connectivity index (χ3n) is 2.56. The first-order valence-corrected chi connectivity index (χ1v) is 7.17. The third kappa shape index (κ3) is 13.0. The highest BCUT2D eigenvalue weighted by molar-refractivity contribution is 5.78. The Kier molecular flexibility index (Phi) is 8.42. The monoisotopic (exact) mass is 301 g/mol. The van der Waals surface area contributed by atoms with Gasteiger partial charge in [0.1, 0.15) is 0 Å². The van der Waals surface area contributed by atoms with E-state index in [2.05, 4.69) is 16.0 Å². The maximum absolute atomic E-state index is 11.5. The molecule has 0 heterocycles. The highest BCUT2D eigenvalue weighted by Gasteiger charge is 2.13. The fraction of sp³-hybridized carbons (Fsp3) is 0.786. The molecule has 0 aliphatic rings. The molecule has 3 amide bonds. The molecule has 0 bridgehead atoms. The molecule has 1 atom stereocenters. The second-order valence-corrected chi connectivity index (χ2v) is 6.14. The van der Waals surface area contributed by atoms with Crippen LogP contribution in [0.2, 0.25) is 0 Å². The van der Waals surface area contributed by atoms with Gasteiger partial charge in [-0.15, -0.1) is 0 Å². The van der Waals surface area contributed by atoms with Gasteiger partial charge in [-0.1, -0.05) is 0 Å². The van der Waals surface area contributed by atoms with E-state index in [-0.39, 0.29) is 42.9 Å². The van der Waals surface area contributed by atoms with Crippen LogP contribution in [-0.2, 0) is 9.59 Å². The van der Waals surface area contributed by atoms with Gasteiger partial charge in [-0.25, -0.2) is 4.79 Å². The number of carboxylic acids is 1. The number of nitrogens with one attached hydrogen (secondary N) is 3. The van der Waals surface area contributed by atoms with Crippen molar-refractivity contribution in [2.75, 3.05) is 6.54 Å². The van der Waals surface area contributed by atoms with E-state index in [1.807, 2.05) is 27.7 Å². The summed E-state index contributed by atoms with van der Waals surface area (Å²) in [5.41, 5.74) is -0.280. The minimum absolute atomic E-state index is 0.0978. The van der Waals surface area contributed by atoms with Gasteiger partial charge in [-0.2, -0.15) is 0 Å². The second-order valence-electron chi connectivity index (χ2n) is 6.14. The molecule has 0 aromatic heterocycles. The molecule has 21 heavy (non-hydrogen) atoms. The molecule has 0 saturated heterocycles. The van der Waals surface area contributed by atoms with Crippen LogP contribution in [0.1, 0.15) is 53.4 Å². The first kappa shape index (κ1) is 19.2. The van der Waals surface area contributed by atoms with E-state index in [4.69, 9.17) is 5.11 Å². The van der Waals surface area contributed by atoms with Crippen molar-refractivity contribution in [2.45, 2.75) is 65.0 Å². The summed E-state index contributed by atoms with van der Waals surface area (Å²) >= 11 is 0. The van der Waals surface area contributed by atoms with Crippen LogP contribution in [0, 0.1) is 0 Å². The average Bonchev–Trinajstić information content (AvgIpc) is 2.25. The SMILES string of the molecule is CC(CCCC(=O)O)NC(=O)NCCC(=O)NC(C)(C)C. The molecule has 0 fully saturated rings. The highest BCUT2D eigenvalue weighted by Crippen LogP contribution is 2.00. The fourth-order valence-electron chi connectivity index (χ4n) is 1.68. The molecule has 0 spiro atoms. The number of rotatable bonds is 8. The van der Waals surface area contributed by atoms with Crippen LogP contribution in [-0.4, -0.2) is 41.1 Å². The van der Waals surface area contributed by atoms with Crippen molar-refractivity contribution in [3.8, 4) is 0 Å². The van der Waals surface area contributed by atoms with Crippen LogP contribution in [0.25, 0.3) is 0 Å². The number of amides is 3. The molecule has 0 saturated carbocycles. The maximum atomic E-state index is 11.5. The summed E-state index contributed by atoms with van der Waals surface area (Å²) in [6, 6.07) is -0.450. The molecule has 7 nitrogen and oxygen atoms in total. The van der Waals surface area contributed by atoms with E-state index in [1.165, 1.54) is 0 Å². The van der Waals surface area contributed by atoms with Crippen molar-refractivity contribution in [2.24, 2.45) is 0 Å². The number of carbonyl (C=O) groups is 3. The summed E-state index contributed by atoms with van der Waals surface area (Å²) < 4.78 is 0. The van der Waals surface area contributed by atoms with Gasteiger partial charge in [0.05, 0.1) is 0 Å². The quantitative estimate of drug-likeness (QED) is 0.541. The molecule has 0 radical (unpaired) electrons. The van der Waals surface area contributed by atoms with Crippen molar-refractivity contribution in [1.82, 2.24) is 16.0 Å². The Morgan fingerprint density at radius 3 is 2.29 bits per heavy atom. The summed E-state index contributed by atoms with van der Waals surface area (Å²) in [4.78, 5) is 33.4. The van der Waals surface area contributed by atoms with Gasteiger partial charge in [0.15, 0.2) is 0 Å². The average molecular weight is 301 g/mol. The number of carboxylic acid groups (broad SMARTS) is 1. The Morgan fingerprint density at radius 2 is 1.76 bits per heavy atom. The molecule has 7 heteroatoms. The van der Waals surface area contributed by atoms with Crippen LogP contribution in [0.5, 0.6) is 0 Å². The van der Waals surface area contributed by atoms with Crippen LogP contribution in [0.3, 0.4) is 0 Å². The van der Waals surface area contributed by atoms with Crippen molar-refractivity contribution >= 4 is 17.9 Å². The van der Waals surface area contributed by atoms with Gasteiger partial charge < -0.3 is 21.1 Å². The Morgan fingerprint density at radius 1 is 1.14 bits per heavy atom. The summed E-state index contributed by atoms with van der Waals surface area (Å²) in [6.45, 7) is 7.75. The van der Waals surface area contributed by atoms with Crippen molar-refractivity contribution in [3.05, 3.63) is 0 Å². The molecule has 0 aromatic rings. The van der Waals surface area contributed by atoms with Crippen LogP contribution in [0.4, 0.5) is 4.79 Å². The molecule has 0 rings (SSSR count). The standard InChI is InChI=1S/C14H27N3O4/c1-10(6-5-7-12(19)20)16-13(21)15-9-8-11(18)17-14(2,3)4/h10H,5-9H2,1-4H3,(H,17,18)(H,19,20)(H2,15,16,21). The Bertz CT molecular complexity index is 364. The zero-order valence-electron chi connectivity index (χ0n) is 13.3. The van der Waals surface area contributed by atoms with E-state index < -0.39 is 5.97 Å². The lowest BCUT2D eigenvalue weighted by Crippen LogP contribution is -2.44. The van der Waals surface area contributed by atoms with Crippen molar-refractivity contribution in [3.63, 3.8) is 0 Å². The molecular formula is C14H27N3O4. The molecule has 1 unspecified atom stereocenters. The lowest BCUT2D eigenvalue weighted by atomic mass is 10.1. The summed E-state index contributed by atoms with van der Waals surface area (Å²) in [5, 5.41) is 16.6. The maximum Gasteiger partial charge on any atom is 0.315 e. The minimum atomic E-state index is -0.837. The summed E-state index contributed by atoms with van der Waals surface area (Å²) in [7, 11) is 0.